The van der Waals surface area contributed by atoms with Gasteiger partial charge in [0.1, 0.15) is 11.5 Å². The maximum atomic E-state index is 13.0. The van der Waals surface area contributed by atoms with E-state index in [0.29, 0.717) is 17.1 Å². The normalized spacial score (nSPS) is 10.4. The van der Waals surface area contributed by atoms with Crippen molar-refractivity contribution < 1.29 is 18.7 Å². The van der Waals surface area contributed by atoms with E-state index < -0.39 is 0 Å². The van der Waals surface area contributed by atoms with Crippen LogP contribution in [0, 0.1) is 0 Å². The van der Waals surface area contributed by atoms with Crippen LogP contribution in [0.15, 0.2) is 95.4 Å². The first kappa shape index (κ1) is 20.2. The van der Waals surface area contributed by atoms with E-state index in [1.54, 1.807) is 26.4 Å². The lowest BCUT2D eigenvalue weighted by Gasteiger charge is -2.05. The van der Waals surface area contributed by atoms with Crippen LogP contribution in [0.1, 0.15) is 10.4 Å². The highest BCUT2D eigenvalue weighted by atomic mass is 16.5. The molecule has 3 aromatic carbocycles. The van der Waals surface area contributed by atoms with Crippen LogP contribution in [0.3, 0.4) is 0 Å². The number of anilines is 1. The van der Waals surface area contributed by atoms with Crippen molar-refractivity contribution in [2.24, 2.45) is 0 Å². The second-order valence-corrected chi connectivity index (χ2v) is 6.85. The Morgan fingerprint density at radius 1 is 0.710 bits per heavy atom. The third kappa shape index (κ3) is 4.73. The van der Waals surface area contributed by atoms with Gasteiger partial charge in [-0.1, -0.05) is 18.2 Å². The SMILES string of the molecule is COc1ccc(-c2cc(C(=O)Nc3ccccc3)cc(-c3ccc(OC)cc3)[o+]2)cc1. The van der Waals surface area contributed by atoms with Gasteiger partial charge < -0.3 is 14.8 Å². The zero-order valence-electron chi connectivity index (χ0n) is 17.3. The fraction of sp³-hybridized carbons (Fsp3) is 0.0769. The molecule has 0 saturated carbocycles. The Bertz CT molecular complexity index is 1100. The van der Waals surface area contributed by atoms with Crippen molar-refractivity contribution in [2.45, 2.75) is 0 Å². The topological polar surface area (TPSA) is 58.9 Å². The van der Waals surface area contributed by atoms with Gasteiger partial charge >= 0.3 is 11.5 Å². The van der Waals surface area contributed by atoms with Gasteiger partial charge in [0.2, 0.25) is 0 Å². The van der Waals surface area contributed by atoms with Gasteiger partial charge in [0.15, 0.2) is 0 Å². The highest BCUT2D eigenvalue weighted by molar-refractivity contribution is 6.05. The summed E-state index contributed by atoms with van der Waals surface area (Å²) in [5, 5.41) is 2.93. The highest BCUT2D eigenvalue weighted by Crippen LogP contribution is 2.30. The largest absolute Gasteiger partial charge is 0.497 e. The molecule has 1 amide bonds. The first-order valence-electron chi connectivity index (χ1n) is 9.80. The molecular formula is C26H22NO4+. The minimum atomic E-state index is -0.216. The zero-order chi connectivity index (χ0) is 21.6. The predicted octanol–water partition coefficient (Wildman–Crippen LogP) is 6.16. The van der Waals surface area contributed by atoms with Gasteiger partial charge in [-0.25, -0.2) is 4.42 Å². The Hall–Kier alpha value is -4.12. The maximum Gasteiger partial charge on any atom is 0.361 e. The smallest absolute Gasteiger partial charge is 0.361 e. The molecule has 0 atom stereocenters. The maximum absolute atomic E-state index is 13.0. The molecule has 4 aromatic rings. The summed E-state index contributed by atoms with van der Waals surface area (Å²) in [6, 6.07) is 27.8. The van der Waals surface area contributed by atoms with Gasteiger partial charge in [0.05, 0.1) is 43.0 Å². The number of nitrogens with one attached hydrogen (secondary N) is 1. The molecule has 5 heteroatoms. The van der Waals surface area contributed by atoms with Crippen LogP contribution in [-0.2, 0) is 0 Å². The van der Waals surface area contributed by atoms with Crippen molar-refractivity contribution in [1.29, 1.82) is 0 Å². The third-order valence-corrected chi connectivity index (χ3v) is 4.84. The molecule has 0 bridgehead atoms. The number of carbonyl (C=O) groups excluding carboxylic acids is 1. The fourth-order valence-corrected chi connectivity index (χ4v) is 3.15. The molecule has 154 valence electrons. The molecule has 0 fully saturated rings. The second-order valence-electron chi connectivity index (χ2n) is 6.85. The number of carbonyl (C=O) groups is 1. The van der Waals surface area contributed by atoms with Crippen molar-refractivity contribution in [1.82, 2.24) is 0 Å². The van der Waals surface area contributed by atoms with E-state index in [-0.39, 0.29) is 5.91 Å². The standard InChI is InChI=1S/C26H21NO4/c1-29-22-12-8-18(9-13-22)24-16-20(26(28)27-21-6-4-3-5-7-21)17-25(31-24)19-10-14-23(30-2)15-11-19/h3-17H,1-2H3/p+1. The third-order valence-electron chi connectivity index (χ3n) is 4.84. The molecular weight excluding hydrogens is 390 g/mol. The van der Waals surface area contributed by atoms with Crippen LogP contribution in [-0.4, -0.2) is 20.1 Å². The summed E-state index contributed by atoms with van der Waals surface area (Å²) in [4.78, 5) is 13.0. The Kier molecular flexibility index (Phi) is 5.94. The molecule has 0 aliphatic rings. The molecule has 0 unspecified atom stereocenters. The molecule has 0 spiro atoms. The average Bonchev–Trinajstić information content (AvgIpc) is 2.84. The summed E-state index contributed by atoms with van der Waals surface area (Å²) in [6.45, 7) is 0. The van der Waals surface area contributed by atoms with E-state index in [2.05, 4.69) is 5.32 Å². The molecule has 1 N–H and O–H groups in total. The van der Waals surface area contributed by atoms with E-state index in [1.165, 1.54) is 0 Å². The number of hydrogen-bond donors (Lipinski definition) is 1. The van der Waals surface area contributed by atoms with E-state index in [1.807, 2.05) is 78.9 Å². The van der Waals surface area contributed by atoms with Crippen LogP contribution in [0.5, 0.6) is 11.5 Å². The Morgan fingerprint density at radius 2 is 1.19 bits per heavy atom. The number of methoxy groups -OCH3 is 2. The summed E-state index contributed by atoms with van der Waals surface area (Å²) in [5.41, 5.74) is 2.90. The Labute approximate surface area is 180 Å². The van der Waals surface area contributed by atoms with Gasteiger partial charge in [-0.2, -0.15) is 0 Å². The van der Waals surface area contributed by atoms with Crippen molar-refractivity contribution in [2.75, 3.05) is 19.5 Å². The molecule has 5 nitrogen and oxygen atoms in total. The van der Waals surface area contributed by atoms with Gasteiger partial charge in [-0.05, 0) is 60.7 Å². The van der Waals surface area contributed by atoms with Gasteiger partial charge in [0.25, 0.3) is 5.91 Å². The predicted molar refractivity (Wildman–Crippen MR) is 121 cm³/mol. The van der Waals surface area contributed by atoms with E-state index >= 15 is 0 Å². The average molecular weight is 412 g/mol. The zero-order valence-corrected chi connectivity index (χ0v) is 17.3. The number of hydrogen-bond acceptors (Lipinski definition) is 3. The minimum absolute atomic E-state index is 0.216. The lowest BCUT2D eigenvalue weighted by atomic mass is 10.1. The first-order valence-corrected chi connectivity index (χ1v) is 9.80. The molecule has 0 radical (unpaired) electrons. The summed E-state index contributed by atoms with van der Waals surface area (Å²) < 4.78 is 16.7. The molecule has 1 aromatic heterocycles. The summed E-state index contributed by atoms with van der Waals surface area (Å²) in [7, 11) is 3.24. The van der Waals surface area contributed by atoms with Crippen molar-refractivity contribution in [3.05, 3.63) is 96.6 Å². The first-order chi connectivity index (χ1) is 15.2. The number of amides is 1. The highest BCUT2D eigenvalue weighted by Gasteiger charge is 2.23. The van der Waals surface area contributed by atoms with Crippen molar-refractivity contribution in [3.63, 3.8) is 0 Å². The van der Waals surface area contributed by atoms with Crippen molar-refractivity contribution in [3.8, 4) is 34.1 Å². The van der Waals surface area contributed by atoms with Crippen LogP contribution < -0.4 is 14.8 Å². The van der Waals surface area contributed by atoms with E-state index in [9.17, 15) is 4.79 Å². The van der Waals surface area contributed by atoms with Gasteiger partial charge in [-0.15, -0.1) is 0 Å². The summed E-state index contributed by atoms with van der Waals surface area (Å²) >= 11 is 0. The number of rotatable bonds is 6. The van der Waals surface area contributed by atoms with Crippen LogP contribution in [0.2, 0.25) is 0 Å². The van der Waals surface area contributed by atoms with Gasteiger partial charge in [-0.3, -0.25) is 4.79 Å². The molecule has 4 rings (SSSR count). The molecule has 0 aliphatic carbocycles. The van der Waals surface area contributed by atoms with Crippen LogP contribution in [0.25, 0.3) is 22.6 Å². The van der Waals surface area contributed by atoms with Crippen LogP contribution >= 0.6 is 0 Å². The fourth-order valence-electron chi connectivity index (χ4n) is 3.15. The number of benzene rings is 3. The Morgan fingerprint density at radius 3 is 1.65 bits per heavy atom. The second kappa shape index (κ2) is 9.13. The van der Waals surface area contributed by atoms with Gasteiger partial charge in [0, 0.05) is 5.69 Å². The summed E-state index contributed by atoms with van der Waals surface area (Å²) in [6.07, 6.45) is 0. The molecule has 0 saturated heterocycles. The van der Waals surface area contributed by atoms with E-state index in [4.69, 9.17) is 13.9 Å². The number of para-hydroxylation sites is 1. The molecule has 0 aliphatic heterocycles. The summed E-state index contributed by atoms with van der Waals surface area (Å²) in [5.74, 6) is 2.43. The molecule has 31 heavy (non-hydrogen) atoms. The molecule has 1 heterocycles. The quantitative estimate of drug-likeness (QED) is 0.385. The van der Waals surface area contributed by atoms with E-state index in [0.717, 1.165) is 28.3 Å². The monoisotopic (exact) mass is 412 g/mol. The lowest BCUT2D eigenvalue weighted by molar-refractivity contribution is 0.102. The minimum Gasteiger partial charge on any atom is -0.497 e. The van der Waals surface area contributed by atoms with Crippen LogP contribution in [0.4, 0.5) is 5.69 Å². The number of ether oxygens (including phenoxy) is 2. The Balaban J connectivity index is 1.76. The lowest BCUT2D eigenvalue weighted by Crippen LogP contribution is -2.12. The van der Waals surface area contributed by atoms with Crippen molar-refractivity contribution >= 4 is 11.6 Å².